The van der Waals surface area contributed by atoms with E-state index in [0.717, 1.165) is 12.8 Å². The van der Waals surface area contributed by atoms with Crippen LogP contribution in [0, 0.1) is 6.92 Å². The van der Waals surface area contributed by atoms with Crippen LogP contribution in [-0.4, -0.2) is 52.3 Å². The molecule has 126 valence electrons. The maximum absolute atomic E-state index is 12.9. The van der Waals surface area contributed by atoms with Crippen molar-refractivity contribution in [1.29, 1.82) is 0 Å². The van der Waals surface area contributed by atoms with E-state index in [1.165, 1.54) is 6.20 Å². The topological polar surface area (TPSA) is 77.7 Å². The standard InChI is InChI=1S/C17H19N3O4/c1-11-13(9-19-24-11)17(21)20-10-15(16-14(20)5-3-7-22-16)23-12-4-2-6-18-8-12/h2,4,6,8-9,14-16H,3,5,7,10H2,1H3/t14-,15-,16+/m1/s1. The van der Waals surface area contributed by atoms with Gasteiger partial charge in [0.1, 0.15) is 29.3 Å². The van der Waals surface area contributed by atoms with Crippen LogP contribution in [0.3, 0.4) is 0 Å². The zero-order chi connectivity index (χ0) is 16.5. The molecule has 0 saturated carbocycles. The molecule has 0 spiro atoms. The molecule has 3 atom stereocenters. The van der Waals surface area contributed by atoms with Crippen LogP contribution in [0.5, 0.6) is 5.75 Å². The zero-order valence-electron chi connectivity index (χ0n) is 13.4. The second-order valence-corrected chi connectivity index (χ2v) is 6.14. The summed E-state index contributed by atoms with van der Waals surface area (Å²) in [6, 6.07) is 3.70. The van der Waals surface area contributed by atoms with Crippen LogP contribution in [0.15, 0.2) is 35.2 Å². The highest BCUT2D eigenvalue weighted by Gasteiger charge is 2.48. The van der Waals surface area contributed by atoms with E-state index in [4.69, 9.17) is 14.0 Å². The highest BCUT2D eigenvalue weighted by Crippen LogP contribution is 2.32. The molecule has 0 aromatic carbocycles. The van der Waals surface area contributed by atoms with E-state index in [2.05, 4.69) is 10.1 Å². The van der Waals surface area contributed by atoms with Crippen LogP contribution in [-0.2, 0) is 4.74 Å². The Morgan fingerprint density at radius 2 is 2.33 bits per heavy atom. The molecule has 24 heavy (non-hydrogen) atoms. The monoisotopic (exact) mass is 329 g/mol. The Morgan fingerprint density at radius 1 is 1.42 bits per heavy atom. The highest BCUT2D eigenvalue weighted by atomic mass is 16.5. The van der Waals surface area contributed by atoms with Crippen LogP contribution in [0.25, 0.3) is 0 Å². The lowest BCUT2D eigenvalue weighted by molar-refractivity contribution is -0.0447. The van der Waals surface area contributed by atoms with Gasteiger partial charge < -0.3 is 18.9 Å². The van der Waals surface area contributed by atoms with Gasteiger partial charge in [-0.15, -0.1) is 0 Å². The van der Waals surface area contributed by atoms with Gasteiger partial charge >= 0.3 is 0 Å². The van der Waals surface area contributed by atoms with E-state index in [0.29, 0.717) is 30.2 Å². The number of carbonyl (C=O) groups excluding carboxylic acids is 1. The number of nitrogens with zero attached hydrogens (tertiary/aromatic N) is 3. The third-order valence-corrected chi connectivity index (χ3v) is 4.64. The average molecular weight is 329 g/mol. The summed E-state index contributed by atoms with van der Waals surface area (Å²) in [5.74, 6) is 1.14. The second kappa shape index (κ2) is 6.24. The van der Waals surface area contributed by atoms with Gasteiger partial charge in [-0.1, -0.05) is 5.16 Å². The first-order chi connectivity index (χ1) is 11.7. The molecule has 2 fully saturated rings. The molecule has 2 aromatic heterocycles. The molecule has 1 amide bonds. The Labute approximate surface area is 139 Å². The Balaban J connectivity index is 1.57. The highest BCUT2D eigenvalue weighted by molar-refractivity contribution is 5.95. The molecule has 0 radical (unpaired) electrons. The molecule has 0 aliphatic carbocycles. The van der Waals surface area contributed by atoms with Gasteiger partial charge in [-0.3, -0.25) is 9.78 Å². The third kappa shape index (κ3) is 2.65. The number of ether oxygens (including phenoxy) is 2. The first-order valence-electron chi connectivity index (χ1n) is 8.14. The van der Waals surface area contributed by atoms with Crippen LogP contribution in [0.4, 0.5) is 0 Å². The van der Waals surface area contributed by atoms with Gasteiger partial charge in [-0.05, 0) is 31.9 Å². The minimum atomic E-state index is -0.205. The number of carbonyl (C=O) groups is 1. The quantitative estimate of drug-likeness (QED) is 0.855. The molecule has 2 aliphatic heterocycles. The van der Waals surface area contributed by atoms with Gasteiger partial charge in [0, 0.05) is 12.8 Å². The van der Waals surface area contributed by atoms with Crippen molar-refractivity contribution in [2.45, 2.75) is 38.0 Å². The number of rotatable bonds is 3. The van der Waals surface area contributed by atoms with E-state index in [9.17, 15) is 4.79 Å². The molecule has 4 rings (SSSR count). The van der Waals surface area contributed by atoms with E-state index in [1.54, 1.807) is 19.3 Å². The SMILES string of the molecule is Cc1oncc1C(=O)N1C[C@@H](Oc2cccnc2)[C@H]2OCCC[C@H]21. The smallest absolute Gasteiger partial charge is 0.259 e. The average Bonchev–Trinajstić information content (AvgIpc) is 3.20. The van der Waals surface area contributed by atoms with E-state index in [-0.39, 0.29) is 24.2 Å². The first kappa shape index (κ1) is 15.1. The van der Waals surface area contributed by atoms with Gasteiger partial charge in [0.05, 0.1) is 25.0 Å². The van der Waals surface area contributed by atoms with Crippen LogP contribution in [0.2, 0.25) is 0 Å². The molecule has 7 nitrogen and oxygen atoms in total. The Hall–Kier alpha value is -2.41. The lowest BCUT2D eigenvalue weighted by Crippen LogP contribution is -2.44. The molecule has 4 heterocycles. The summed E-state index contributed by atoms with van der Waals surface area (Å²) < 4.78 is 17.0. The van der Waals surface area contributed by atoms with Crippen molar-refractivity contribution in [3.05, 3.63) is 42.0 Å². The molecular weight excluding hydrogens is 310 g/mol. The minimum absolute atomic E-state index is 0.0159. The van der Waals surface area contributed by atoms with Crippen molar-refractivity contribution in [2.24, 2.45) is 0 Å². The Morgan fingerprint density at radius 3 is 3.08 bits per heavy atom. The van der Waals surface area contributed by atoms with Crippen LogP contribution >= 0.6 is 0 Å². The maximum atomic E-state index is 12.9. The number of hydrogen-bond donors (Lipinski definition) is 0. The molecule has 0 N–H and O–H groups in total. The fourth-order valence-electron chi connectivity index (χ4n) is 3.50. The van der Waals surface area contributed by atoms with Crippen molar-refractivity contribution < 1.29 is 18.8 Å². The fraction of sp³-hybridized carbons (Fsp3) is 0.471. The number of pyridine rings is 1. The van der Waals surface area contributed by atoms with E-state index < -0.39 is 0 Å². The lowest BCUT2D eigenvalue weighted by atomic mass is 10.0. The van der Waals surface area contributed by atoms with Crippen molar-refractivity contribution in [1.82, 2.24) is 15.0 Å². The molecule has 7 heteroatoms. The maximum Gasteiger partial charge on any atom is 0.259 e. The molecule has 0 unspecified atom stereocenters. The number of aryl methyl sites for hydroxylation is 1. The summed E-state index contributed by atoms with van der Waals surface area (Å²) >= 11 is 0. The number of amides is 1. The second-order valence-electron chi connectivity index (χ2n) is 6.14. The van der Waals surface area contributed by atoms with Gasteiger partial charge in [-0.25, -0.2) is 0 Å². The van der Waals surface area contributed by atoms with Crippen LogP contribution < -0.4 is 4.74 Å². The number of hydrogen-bond acceptors (Lipinski definition) is 6. The summed E-state index contributed by atoms with van der Waals surface area (Å²) in [6.07, 6.45) is 6.37. The Kier molecular flexibility index (Phi) is 3.93. The van der Waals surface area contributed by atoms with E-state index >= 15 is 0 Å². The molecule has 2 aromatic rings. The largest absolute Gasteiger partial charge is 0.484 e. The molecule has 2 aliphatic rings. The van der Waals surface area contributed by atoms with Crippen molar-refractivity contribution in [3.63, 3.8) is 0 Å². The first-order valence-corrected chi connectivity index (χ1v) is 8.14. The number of likely N-dealkylation sites (tertiary alicyclic amines) is 1. The molecule has 0 bridgehead atoms. The van der Waals surface area contributed by atoms with Crippen molar-refractivity contribution >= 4 is 5.91 Å². The third-order valence-electron chi connectivity index (χ3n) is 4.64. The zero-order valence-corrected chi connectivity index (χ0v) is 13.4. The fourth-order valence-corrected chi connectivity index (χ4v) is 3.50. The van der Waals surface area contributed by atoms with Gasteiger partial charge in [-0.2, -0.15) is 0 Å². The van der Waals surface area contributed by atoms with Gasteiger partial charge in [0.25, 0.3) is 5.91 Å². The predicted octanol–water partition coefficient (Wildman–Crippen LogP) is 1.83. The number of aromatic nitrogens is 2. The normalized spacial score (nSPS) is 26.2. The van der Waals surface area contributed by atoms with Crippen molar-refractivity contribution in [3.8, 4) is 5.75 Å². The molecular formula is C17H19N3O4. The van der Waals surface area contributed by atoms with Crippen LogP contribution in [0.1, 0.15) is 29.0 Å². The van der Waals surface area contributed by atoms with Gasteiger partial charge in [0.2, 0.25) is 0 Å². The predicted molar refractivity (Wildman–Crippen MR) is 83.7 cm³/mol. The summed E-state index contributed by atoms with van der Waals surface area (Å²) in [5.41, 5.74) is 0.501. The minimum Gasteiger partial charge on any atom is -0.484 e. The summed E-state index contributed by atoms with van der Waals surface area (Å²) in [4.78, 5) is 18.8. The van der Waals surface area contributed by atoms with E-state index in [1.807, 2.05) is 17.0 Å². The Bertz CT molecular complexity index is 718. The molecule has 2 saturated heterocycles. The van der Waals surface area contributed by atoms with Gasteiger partial charge in [0.15, 0.2) is 0 Å². The summed E-state index contributed by atoms with van der Waals surface area (Å²) in [6.45, 7) is 2.92. The summed E-state index contributed by atoms with van der Waals surface area (Å²) in [7, 11) is 0. The van der Waals surface area contributed by atoms with Crippen molar-refractivity contribution in [2.75, 3.05) is 13.2 Å². The number of fused-ring (bicyclic) bond motifs is 1. The summed E-state index contributed by atoms with van der Waals surface area (Å²) in [5, 5.41) is 3.71. The lowest BCUT2D eigenvalue weighted by Gasteiger charge is -2.31.